The predicted octanol–water partition coefficient (Wildman–Crippen LogP) is 2.49. The van der Waals surface area contributed by atoms with Gasteiger partial charge in [0, 0.05) is 51.0 Å². The molecule has 4 rings (SSSR count). The molecule has 2 fully saturated rings. The highest BCUT2D eigenvalue weighted by Gasteiger charge is 2.48. The van der Waals surface area contributed by atoms with Crippen molar-refractivity contribution in [3.8, 4) is 0 Å². The van der Waals surface area contributed by atoms with E-state index < -0.39 is 0 Å². The van der Waals surface area contributed by atoms with Crippen LogP contribution in [0.1, 0.15) is 30.4 Å². The average molecular weight is 336 g/mol. The summed E-state index contributed by atoms with van der Waals surface area (Å²) in [5, 5.41) is 0. The van der Waals surface area contributed by atoms with Gasteiger partial charge in [-0.2, -0.15) is 0 Å². The SMILES string of the molecule is O=C1N(Cc2ccncc2)CCC12CCCN(Cc1cccnc1)C2. The molecule has 25 heavy (non-hydrogen) atoms. The molecular formula is C20H24N4O. The number of rotatable bonds is 4. The van der Waals surface area contributed by atoms with Crippen LogP contribution >= 0.6 is 0 Å². The molecule has 2 saturated heterocycles. The minimum atomic E-state index is -0.187. The van der Waals surface area contributed by atoms with Crippen LogP contribution in [0.25, 0.3) is 0 Å². The van der Waals surface area contributed by atoms with Gasteiger partial charge >= 0.3 is 0 Å². The molecule has 5 heteroatoms. The molecule has 4 heterocycles. The number of piperidine rings is 1. The number of hydrogen-bond donors (Lipinski definition) is 0. The van der Waals surface area contributed by atoms with E-state index in [2.05, 4.69) is 20.9 Å². The van der Waals surface area contributed by atoms with Gasteiger partial charge in [0.1, 0.15) is 0 Å². The Labute approximate surface area is 148 Å². The van der Waals surface area contributed by atoms with Gasteiger partial charge in [0.25, 0.3) is 0 Å². The lowest BCUT2D eigenvalue weighted by molar-refractivity contribution is -0.139. The summed E-state index contributed by atoms with van der Waals surface area (Å²) in [6.07, 6.45) is 10.4. The molecule has 2 aromatic heterocycles. The zero-order valence-electron chi connectivity index (χ0n) is 14.5. The van der Waals surface area contributed by atoms with Crippen molar-refractivity contribution in [1.29, 1.82) is 0 Å². The molecule has 2 aliphatic rings. The van der Waals surface area contributed by atoms with Crippen LogP contribution in [0.15, 0.2) is 49.1 Å². The zero-order chi connectivity index (χ0) is 17.1. The summed E-state index contributed by atoms with van der Waals surface area (Å²) in [5.74, 6) is 0.334. The number of pyridine rings is 2. The quantitative estimate of drug-likeness (QED) is 0.861. The molecule has 0 aromatic carbocycles. The van der Waals surface area contributed by atoms with Crippen LogP contribution in [0, 0.1) is 5.41 Å². The molecular weight excluding hydrogens is 312 g/mol. The van der Waals surface area contributed by atoms with Crippen LogP contribution in [-0.4, -0.2) is 45.3 Å². The first-order valence-corrected chi connectivity index (χ1v) is 9.05. The van der Waals surface area contributed by atoms with Gasteiger partial charge in [-0.15, -0.1) is 0 Å². The lowest BCUT2D eigenvalue weighted by Gasteiger charge is -2.39. The Morgan fingerprint density at radius 1 is 0.960 bits per heavy atom. The van der Waals surface area contributed by atoms with E-state index in [-0.39, 0.29) is 5.41 Å². The molecule has 1 amide bonds. The van der Waals surface area contributed by atoms with Crippen LogP contribution < -0.4 is 0 Å². The first kappa shape index (κ1) is 16.2. The largest absolute Gasteiger partial charge is 0.338 e. The summed E-state index contributed by atoms with van der Waals surface area (Å²) >= 11 is 0. The van der Waals surface area contributed by atoms with E-state index in [0.717, 1.165) is 51.0 Å². The Bertz CT molecular complexity index is 721. The highest BCUT2D eigenvalue weighted by molar-refractivity contribution is 5.85. The fourth-order valence-electron chi connectivity index (χ4n) is 4.24. The fourth-order valence-corrected chi connectivity index (χ4v) is 4.24. The van der Waals surface area contributed by atoms with E-state index in [9.17, 15) is 4.79 Å². The molecule has 0 saturated carbocycles. The molecule has 130 valence electrons. The summed E-state index contributed by atoms with van der Waals surface area (Å²) < 4.78 is 0. The molecule has 5 nitrogen and oxygen atoms in total. The summed E-state index contributed by atoms with van der Waals surface area (Å²) in [5.41, 5.74) is 2.19. The maximum atomic E-state index is 13.2. The molecule has 0 radical (unpaired) electrons. The summed E-state index contributed by atoms with van der Waals surface area (Å²) in [4.78, 5) is 25.9. The zero-order valence-corrected chi connectivity index (χ0v) is 14.5. The molecule has 1 atom stereocenters. The van der Waals surface area contributed by atoms with E-state index >= 15 is 0 Å². The minimum absolute atomic E-state index is 0.187. The predicted molar refractivity (Wildman–Crippen MR) is 95.5 cm³/mol. The van der Waals surface area contributed by atoms with Crippen LogP contribution in [0.5, 0.6) is 0 Å². The lowest BCUT2D eigenvalue weighted by atomic mass is 9.78. The highest BCUT2D eigenvalue weighted by Crippen LogP contribution is 2.40. The number of carbonyl (C=O) groups is 1. The third-order valence-corrected chi connectivity index (χ3v) is 5.51. The van der Waals surface area contributed by atoms with Gasteiger partial charge in [0.05, 0.1) is 5.41 Å². The van der Waals surface area contributed by atoms with Gasteiger partial charge in [-0.25, -0.2) is 0 Å². The fraction of sp³-hybridized carbons (Fsp3) is 0.450. The van der Waals surface area contributed by atoms with E-state index in [1.807, 2.05) is 29.3 Å². The Kier molecular flexibility index (Phi) is 4.49. The monoisotopic (exact) mass is 336 g/mol. The summed E-state index contributed by atoms with van der Waals surface area (Å²) in [7, 11) is 0. The maximum Gasteiger partial charge on any atom is 0.230 e. The van der Waals surface area contributed by atoms with Crippen LogP contribution in [0.4, 0.5) is 0 Å². The van der Waals surface area contributed by atoms with Crippen molar-refractivity contribution in [1.82, 2.24) is 19.8 Å². The van der Waals surface area contributed by atoms with Crippen molar-refractivity contribution in [2.45, 2.75) is 32.4 Å². The van der Waals surface area contributed by atoms with E-state index in [4.69, 9.17) is 0 Å². The molecule has 1 unspecified atom stereocenters. The van der Waals surface area contributed by atoms with Gasteiger partial charge < -0.3 is 4.90 Å². The van der Waals surface area contributed by atoms with Gasteiger partial charge in [-0.05, 0) is 55.1 Å². The number of carbonyl (C=O) groups excluding carboxylic acids is 1. The number of amides is 1. The first-order chi connectivity index (χ1) is 12.3. The van der Waals surface area contributed by atoms with Crippen LogP contribution in [-0.2, 0) is 17.9 Å². The third-order valence-electron chi connectivity index (χ3n) is 5.51. The Morgan fingerprint density at radius 2 is 1.84 bits per heavy atom. The van der Waals surface area contributed by atoms with Crippen LogP contribution in [0.2, 0.25) is 0 Å². The number of nitrogens with zero attached hydrogens (tertiary/aromatic N) is 4. The second kappa shape index (κ2) is 6.92. The van der Waals surface area contributed by atoms with Crippen molar-refractivity contribution in [3.63, 3.8) is 0 Å². The molecule has 0 bridgehead atoms. The summed E-state index contributed by atoms with van der Waals surface area (Å²) in [6.45, 7) is 4.38. The van der Waals surface area contributed by atoms with Gasteiger partial charge in [-0.3, -0.25) is 19.7 Å². The van der Waals surface area contributed by atoms with Crippen molar-refractivity contribution < 1.29 is 4.79 Å². The van der Waals surface area contributed by atoms with Crippen molar-refractivity contribution in [2.75, 3.05) is 19.6 Å². The molecule has 0 aliphatic carbocycles. The van der Waals surface area contributed by atoms with Gasteiger partial charge in [0.2, 0.25) is 5.91 Å². The molecule has 1 spiro atoms. The smallest absolute Gasteiger partial charge is 0.230 e. The maximum absolute atomic E-state index is 13.2. The standard InChI is InChI=1S/C20H24N4O/c25-19-20(7-12-24(19)15-17-4-9-21-10-5-17)6-2-11-23(16-20)14-18-3-1-8-22-13-18/h1,3-5,8-10,13H,2,6-7,11-12,14-16H2. The Hall–Kier alpha value is -2.27. The van der Waals surface area contributed by atoms with Crippen molar-refractivity contribution in [2.24, 2.45) is 5.41 Å². The van der Waals surface area contributed by atoms with Gasteiger partial charge in [-0.1, -0.05) is 6.07 Å². The van der Waals surface area contributed by atoms with E-state index in [1.54, 1.807) is 18.6 Å². The minimum Gasteiger partial charge on any atom is -0.338 e. The van der Waals surface area contributed by atoms with Crippen molar-refractivity contribution >= 4 is 5.91 Å². The molecule has 2 aromatic rings. The average Bonchev–Trinajstić information content (AvgIpc) is 2.93. The molecule has 0 N–H and O–H groups in total. The lowest BCUT2D eigenvalue weighted by Crippen LogP contribution is -2.47. The Morgan fingerprint density at radius 3 is 2.64 bits per heavy atom. The second-order valence-electron chi connectivity index (χ2n) is 7.29. The topological polar surface area (TPSA) is 49.3 Å². The Balaban J connectivity index is 1.43. The highest BCUT2D eigenvalue weighted by atomic mass is 16.2. The molecule has 2 aliphatic heterocycles. The van der Waals surface area contributed by atoms with E-state index in [1.165, 1.54) is 5.56 Å². The first-order valence-electron chi connectivity index (χ1n) is 9.05. The third kappa shape index (κ3) is 3.42. The number of aromatic nitrogens is 2. The number of hydrogen-bond acceptors (Lipinski definition) is 4. The van der Waals surface area contributed by atoms with Crippen LogP contribution in [0.3, 0.4) is 0 Å². The second-order valence-corrected chi connectivity index (χ2v) is 7.29. The van der Waals surface area contributed by atoms with Gasteiger partial charge in [0.15, 0.2) is 0 Å². The normalized spacial score (nSPS) is 24.2. The van der Waals surface area contributed by atoms with E-state index in [0.29, 0.717) is 12.5 Å². The van der Waals surface area contributed by atoms with Crippen molar-refractivity contribution in [3.05, 3.63) is 60.2 Å². The number of likely N-dealkylation sites (tertiary alicyclic amines) is 2. The summed E-state index contributed by atoms with van der Waals surface area (Å²) in [6, 6.07) is 8.08.